The van der Waals surface area contributed by atoms with Gasteiger partial charge in [-0.15, -0.1) is 0 Å². The molecule has 0 amide bonds. The third-order valence-corrected chi connectivity index (χ3v) is 6.02. The zero-order chi connectivity index (χ0) is 15.1. The average Bonchev–Trinajstić information content (AvgIpc) is 3.08. The molecule has 0 N–H and O–H groups in total. The average molecular weight is 408 g/mol. The van der Waals surface area contributed by atoms with Crippen LogP contribution in [-0.2, 0) is 28.6 Å². The van der Waals surface area contributed by atoms with Crippen LogP contribution >= 0.6 is 22.6 Å². The molecule has 3 rings (SSSR count). The lowest BCUT2D eigenvalue weighted by Gasteiger charge is -2.25. The molecule has 0 aromatic rings. The Morgan fingerprint density at radius 2 is 2.19 bits per heavy atom. The van der Waals surface area contributed by atoms with Gasteiger partial charge in [-0.1, -0.05) is 29.5 Å². The van der Waals surface area contributed by atoms with Crippen LogP contribution in [0.2, 0.25) is 0 Å². The van der Waals surface area contributed by atoms with Gasteiger partial charge in [0.25, 0.3) is 0 Å². The van der Waals surface area contributed by atoms with Crippen molar-refractivity contribution in [3.8, 4) is 0 Å². The van der Waals surface area contributed by atoms with Gasteiger partial charge in [-0.3, -0.25) is 9.59 Å². The van der Waals surface area contributed by atoms with E-state index in [0.29, 0.717) is 6.42 Å². The molecule has 0 spiro atoms. The molecule has 2 aliphatic carbocycles. The van der Waals surface area contributed by atoms with E-state index in [4.69, 9.17) is 14.2 Å². The highest BCUT2D eigenvalue weighted by molar-refractivity contribution is 14.1. The maximum atomic E-state index is 11.8. The van der Waals surface area contributed by atoms with Crippen LogP contribution in [0.3, 0.4) is 0 Å². The van der Waals surface area contributed by atoms with Crippen LogP contribution in [0, 0.1) is 17.8 Å². The van der Waals surface area contributed by atoms with Crippen LogP contribution in [0.1, 0.15) is 26.2 Å². The summed E-state index contributed by atoms with van der Waals surface area (Å²) in [5, 5.41) is 0. The van der Waals surface area contributed by atoms with Crippen molar-refractivity contribution in [3.05, 3.63) is 0 Å². The standard InChI is InChI=1S/C14H17IO6/c1-2-9(15)14(18)19-5-10(16)20-11-6-3-7-8(4-6)13(17)21-12(7)11/h6-9,11-12H,2-5H2,1H3. The SMILES string of the molecule is CCC(I)C(=O)OCC(=O)OC1C2CC3C(=O)OC1C3C2. The predicted octanol–water partition coefficient (Wildman–Crippen LogP) is 1.24. The van der Waals surface area contributed by atoms with Crippen molar-refractivity contribution in [2.45, 2.75) is 42.3 Å². The summed E-state index contributed by atoms with van der Waals surface area (Å²) >= 11 is 1.98. The van der Waals surface area contributed by atoms with Gasteiger partial charge in [0.15, 0.2) is 6.61 Å². The van der Waals surface area contributed by atoms with Crippen LogP contribution < -0.4 is 0 Å². The van der Waals surface area contributed by atoms with Gasteiger partial charge >= 0.3 is 17.9 Å². The number of rotatable bonds is 5. The fourth-order valence-corrected chi connectivity index (χ4v) is 3.82. The number of fused-ring (bicyclic) bond motifs is 1. The molecule has 7 heteroatoms. The summed E-state index contributed by atoms with van der Waals surface area (Å²) in [6.45, 7) is 1.49. The van der Waals surface area contributed by atoms with Crippen molar-refractivity contribution in [1.82, 2.24) is 0 Å². The van der Waals surface area contributed by atoms with Crippen molar-refractivity contribution in [2.24, 2.45) is 17.8 Å². The maximum Gasteiger partial charge on any atom is 0.344 e. The van der Waals surface area contributed by atoms with Crippen molar-refractivity contribution in [3.63, 3.8) is 0 Å². The summed E-state index contributed by atoms with van der Waals surface area (Å²) < 4.78 is 15.4. The summed E-state index contributed by atoms with van der Waals surface area (Å²) in [6.07, 6.45) is 1.60. The lowest BCUT2D eigenvalue weighted by molar-refractivity contribution is -0.169. The largest absolute Gasteiger partial charge is 0.458 e. The van der Waals surface area contributed by atoms with Crippen molar-refractivity contribution >= 4 is 40.5 Å². The van der Waals surface area contributed by atoms with Gasteiger partial charge in [0.05, 0.1) is 5.92 Å². The first-order chi connectivity index (χ1) is 10.0. The fourth-order valence-electron chi connectivity index (χ4n) is 3.64. The van der Waals surface area contributed by atoms with E-state index in [0.717, 1.165) is 12.8 Å². The molecule has 1 saturated heterocycles. The number of hydrogen-bond acceptors (Lipinski definition) is 6. The number of hydrogen-bond donors (Lipinski definition) is 0. The lowest BCUT2D eigenvalue weighted by atomic mass is 9.88. The molecule has 3 fully saturated rings. The highest BCUT2D eigenvalue weighted by Gasteiger charge is 2.63. The smallest absolute Gasteiger partial charge is 0.344 e. The first-order valence-corrected chi connectivity index (χ1v) is 8.46. The Hall–Kier alpha value is -0.860. The zero-order valence-electron chi connectivity index (χ0n) is 11.6. The van der Waals surface area contributed by atoms with E-state index in [1.165, 1.54) is 0 Å². The van der Waals surface area contributed by atoms with Gasteiger partial charge in [0.2, 0.25) is 0 Å². The van der Waals surface area contributed by atoms with Gasteiger partial charge in [-0.25, -0.2) is 4.79 Å². The quantitative estimate of drug-likeness (QED) is 0.295. The molecular formula is C14H17IO6. The number of ether oxygens (including phenoxy) is 3. The first kappa shape index (κ1) is 15.1. The van der Waals surface area contributed by atoms with E-state index in [1.807, 2.05) is 29.5 Å². The molecular weight excluding hydrogens is 391 g/mol. The molecule has 6 unspecified atom stereocenters. The van der Waals surface area contributed by atoms with Gasteiger partial charge in [0.1, 0.15) is 16.1 Å². The third-order valence-electron chi connectivity index (χ3n) is 4.63. The number of alkyl halides is 1. The minimum absolute atomic E-state index is 0.00267. The van der Waals surface area contributed by atoms with Crippen LogP contribution in [0.5, 0.6) is 0 Å². The Labute approximate surface area is 136 Å². The molecule has 6 nitrogen and oxygen atoms in total. The molecule has 0 aromatic heterocycles. The molecule has 1 aliphatic heterocycles. The molecule has 6 atom stereocenters. The molecule has 0 aromatic carbocycles. The number of carbonyl (C=O) groups excluding carboxylic acids is 3. The maximum absolute atomic E-state index is 11.8. The molecule has 0 radical (unpaired) electrons. The second-order valence-electron chi connectivity index (χ2n) is 5.84. The second kappa shape index (κ2) is 5.73. The van der Waals surface area contributed by atoms with E-state index in [1.54, 1.807) is 0 Å². The second-order valence-corrected chi connectivity index (χ2v) is 7.34. The highest BCUT2D eigenvalue weighted by Crippen LogP contribution is 2.55. The lowest BCUT2D eigenvalue weighted by Crippen LogP contribution is -2.37. The van der Waals surface area contributed by atoms with Gasteiger partial charge in [-0.2, -0.15) is 0 Å². The van der Waals surface area contributed by atoms with Crippen LogP contribution in [0.15, 0.2) is 0 Å². The van der Waals surface area contributed by atoms with Crippen molar-refractivity contribution in [1.29, 1.82) is 0 Å². The van der Waals surface area contributed by atoms with E-state index in [9.17, 15) is 14.4 Å². The monoisotopic (exact) mass is 408 g/mol. The summed E-state index contributed by atoms with van der Waals surface area (Å²) in [6, 6.07) is 0. The number of esters is 3. The van der Waals surface area contributed by atoms with Crippen LogP contribution in [0.4, 0.5) is 0 Å². The van der Waals surface area contributed by atoms with Crippen molar-refractivity contribution in [2.75, 3.05) is 6.61 Å². The van der Waals surface area contributed by atoms with E-state index in [-0.39, 0.29) is 46.5 Å². The van der Waals surface area contributed by atoms with Gasteiger partial charge in [-0.05, 0) is 19.3 Å². The van der Waals surface area contributed by atoms with Crippen LogP contribution in [0.25, 0.3) is 0 Å². The highest BCUT2D eigenvalue weighted by atomic mass is 127. The summed E-state index contributed by atoms with van der Waals surface area (Å²) in [4.78, 5) is 34.9. The Bertz CT molecular complexity index is 478. The van der Waals surface area contributed by atoms with Crippen molar-refractivity contribution < 1.29 is 28.6 Å². The Balaban J connectivity index is 1.50. The normalized spacial score (nSPS) is 37.2. The minimum Gasteiger partial charge on any atom is -0.458 e. The Morgan fingerprint density at radius 1 is 1.43 bits per heavy atom. The molecule has 1 heterocycles. The topological polar surface area (TPSA) is 78.9 Å². The predicted molar refractivity (Wildman–Crippen MR) is 78.5 cm³/mol. The van der Waals surface area contributed by atoms with E-state index >= 15 is 0 Å². The Morgan fingerprint density at radius 3 is 2.90 bits per heavy atom. The zero-order valence-corrected chi connectivity index (χ0v) is 13.8. The summed E-state index contributed by atoms with van der Waals surface area (Å²) in [5.41, 5.74) is 0. The molecule has 2 bridgehead atoms. The first-order valence-electron chi connectivity index (χ1n) is 7.22. The number of carbonyl (C=O) groups is 3. The van der Waals surface area contributed by atoms with Crippen LogP contribution in [-0.4, -0.2) is 40.6 Å². The molecule has 116 valence electrons. The fraction of sp³-hybridized carbons (Fsp3) is 0.786. The van der Waals surface area contributed by atoms with E-state index < -0.39 is 11.9 Å². The third kappa shape index (κ3) is 2.64. The summed E-state index contributed by atoms with van der Waals surface area (Å²) in [5.74, 6) is -0.744. The van der Waals surface area contributed by atoms with Gasteiger partial charge < -0.3 is 14.2 Å². The minimum atomic E-state index is -0.569. The van der Waals surface area contributed by atoms with E-state index in [2.05, 4.69) is 0 Å². The number of halogens is 1. The van der Waals surface area contributed by atoms with Gasteiger partial charge in [0, 0.05) is 11.8 Å². The Kier molecular flexibility index (Phi) is 4.11. The molecule has 2 saturated carbocycles. The summed E-state index contributed by atoms with van der Waals surface area (Å²) in [7, 11) is 0. The molecule has 3 aliphatic rings. The molecule has 21 heavy (non-hydrogen) atoms.